The van der Waals surface area contributed by atoms with Crippen LogP contribution in [-0.4, -0.2) is 33.4 Å². The number of hydrogen-bond acceptors (Lipinski definition) is 4. The third-order valence-corrected chi connectivity index (χ3v) is 3.75. The first-order valence-corrected chi connectivity index (χ1v) is 7.37. The number of aliphatic hydroxyl groups excluding tert-OH is 1. The van der Waals surface area contributed by atoms with Crippen LogP contribution >= 0.6 is 15.9 Å². The molecule has 0 amide bonds. The van der Waals surface area contributed by atoms with Crippen LogP contribution in [0.25, 0.3) is 0 Å². The van der Waals surface area contributed by atoms with Gasteiger partial charge in [-0.15, -0.1) is 0 Å². The Hall–Kier alpha value is -1.11. The number of rotatable bonds is 6. The maximum atomic E-state index is 9.04. The quantitative estimate of drug-likeness (QED) is 0.876. The van der Waals surface area contributed by atoms with Gasteiger partial charge < -0.3 is 9.52 Å². The molecule has 6 heteroatoms. The fourth-order valence-electron chi connectivity index (χ4n) is 2.30. The van der Waals surface area contributed by atoms with Gasteiger partial charge in [0.1, 0.15) is 5.76 Å². The first-order valence-electron chi connectivity index (χ1n) is 6.57. The van der Waals surface area contributed by atoms with E-state index in [0.717, 1.165) is 34.9 Å². The molecule has 2 heterocycles. The molecule has 0 aliphatic heterocycles. The van der Waals surface area contributed by atoms with Crippen molar-refractivity contribution < 1.29 is 9.52 Å². The SMILES string of the molecule is Cc1nn(CCO)c(C)c1CN(C)Cc1ccc(Br)o1. The van der Waals surface area contributed by atoms with Crippen molar-refractivity contribution in [3.05, 3.63) is 39.5 Å². The van der Waals surface area contributed by atoms with E-state index in [1.807, 2.05) is 30.7 Å². The van der Waals surface area contributed by atoms with Gasteiger partial charge in [0, 0.05) is 17.8 Å². The summed E-state index contributed by atoms with van der Waals surface area (Å²) < 4.78 is 8.13. The molecule has 2 aromatic rings. The molecule has 0 radical (unpaired) electrons. The molecule has 5 nitrogen and oxygen atoms in total. The van der Waals surface area contributed by atoms with Crippen LogP contribution in [0.4, 0.5) is 0 Å². The molecule has 0 atom stereocenters. The molecule has 20 heavy (non-hydrogen) atoms. The van der Waals surface area contributed by atoms with Crippen molar-refractivity contribution in [2.24, 2.45) is 0 Å². The van der Waals surface area contributed by atoms with E-state index < -0.39 is 0 Å². The van der Waals surface area contributed by atoms with E-state index >= 15 is 0 Å². The van der Waals surface area contributed by atoms with Gasteiger partial charge in [-0.05, 0) is 49.0 Å². The molecule has 0 fully saturated rings. The standard InChI is InChI=1S/C14H20BrN3O2/c1-10-13(11(2)18(16-10)6-7-19)9-17(3)8-12-4-5-14(15)20-12/h4-5,19H,6-9H2,1-3H3. The van der Waals surface area contributed by atoms with Crippen molar-refractivity contribution >= 4 is 15.9 Å². The summed E-state index contributed by atoms with van der Waals surface area (Å²) in [5.74, 6) is 0.928. The fourth-order valence-corrected chi connectivity index (χ4v) is 2.64. The van der Waals surface area contributed by atoms with Crippen LogP contribution in [0.15, 0.2) is 21.2 Å². The zero-order valence-electron chi connectivity index (χ0n) is 12.1. The normalized spacial score (nSPS) is 11.5. The summed E-state index contributed by atoms with van der Waals surface area (Å²) in [7, 11) is 2.05. The largest absolute Gasteiger partial charge is 0.453 e. The van der Waals surface area contributed by atoms with Gasteiger partial charge in [-0.3, -0.25) is 9.58 Å². The molecule has 0 aliphatic rings. The van der Waals surface area contributed by atoms with Crippen LogP contribution in [0.2, 0.25) is 0 Å². The summed E-state index contributed by atoms with van der Waals surface area (Å²) in [6.07, 6.45) is 0. The van der Waals surface area contributed by atoms with Gasteiger partial charge in [0.25, 0.3) is 0 Å². The van der Waals surface area contributed by atoms with E-state index in [0.29, 0.717) is 6.54 Å². The molecular formula is C14H20BrN3O2. The fraction of sp³-hybridized carbons (Fsp3) is 0.500. The molecule has 2 rings (SSSR count). The predicted molar refractivity (Wildman–Crippen MR) is 80.4 cm³/mol. The van der Waals surface area contributed by atoms with Crippen LogP contribution in [0.3, 0.4) is 0 Å². The van der Waals surface area contributed by atoms with Gasteiger partial charge in [0.2, 0.25) is 0 Å². The molecule has 0 saturated heterocycles. The molecule has 0 saturated carbocycles. The second-order valence-electron chi connectivity index (χ2n) is 4.97. The highest BCUT2D eigenvalue weighted by atomic mass is 79.9. The summed E-state index contributed by atoms with van der Waals surface area (Å²) in [6.45, 7) is 6.26. The summed E-state index contributed by atoms with van der Waals surface area (Å²) in [5.41, 5.74) is 3.35. The molecule has 2 aromatic heterocycles. The first-order chi connectivity index (χ1) is 9.51. The Morgan fingerprint density at radius 2 is 2.10 bits per heavy atom. The molecular weight excluding hydrogens is 322 g/mol. The number of halogens is 1. The maximum Gasteiger partial charge on any atom is 0.169 e. The van der Waals surface area contributed by atoms with E-state index in [1.165, 1.54) is 5.56 Å². The van der Waals surface area contributed by atoms with Crippen molar-refractivity contribution in [2.45, 2.75) is 33.5 Å². The number of aryl methyl sites for hydroxylation is 1. The number of aromatic nitrogens is 2. The van der Waals surface area contributed by atoms with Gasteiger partial charge >= 0.3 is 0 Å². The monoisotopic (exact) mass is 341 g/mol. The highest BCUT2D eigenvalue weighted by Crippen LogP contribution is 2.18. The molecule has 0 spiro atoms. The van der Waals surface area contributed by atoms with Gasteiger partial charge in [0.05, 0.1) is 25.4 Å². The Bertz CT molecular complexity index is 577. The lowest BCUT2D eigenvalue weighted by molar-refractivity contribution is 0.267. The highest BCUT2D eigenvalue weighted by Gasteiger charge is 2.14. The first kappa shape index (κ1) is 15.3. The molecule has 1 N–H and O–H groups in total. The van der Waals surface area contributed by atoms with Crippen LogP contribution in [-0.2, 0) is 19.6 Å². The van der Waals surface area contributed by atoms with Crippen molar-refractivity contribution in [3.63, 3.8) is 0 Å². The highest BCUT2D eigenvalue weighted by molar-refractivity contribution is 9.10. The van der Waals surface area contributed by atoms with Crippen LogP contribution in [0, 0.1) is 13.8 Å². The maximum absolute atomic E-state index is 9.04. The lowest BCUT2D eigenvalue weighted by Gasteiger charge is -2.15. The van der Waals surface area contributed by atoms with E-state index in [1.54, 1.807) is 0 Å². The van der Waals surface area contributed by atoms with E-state index in [2.05, 4.69) is 33.0 Å². The van der Waals surface area contributed by atoms with Crippen LogP contribution < -0.4 is 0 Å². The average molecular weight is 342 g/mol. The predicted octanol–water partition coefficient (Wildman–Crippen LogP) is 2.48. The Morgan fingerprint density at radius 1 is 1.35 bits per heavy atom. The lowest BCUT2D eigenvalue weighted by atomic mass is 10.2. The van der Waals surface area contributed by atoms with Crippen molar-refractivity contribution in [3.8, 4) is 0 Å². The molecule has 0 aromatic carbocycles. The topological polar surface area (TPSA) is 54.4 Å². The van der Waals surface area contributed by atoms with Crippen molar-refractivity contribution in [2.75, 3.05) is 13.7 Å². The minimum atomic E-state index is 0.109. The third-order valence-electron chi connectivity index (χ3n) is 3.33. The minimum Gasteiger partial charge on any atom is -0.453 e. The smallest absolute Gasteiger partial charge is 0.169 e. The second kappa shape index (κ2) is 6.56. The molecule has 0 aliphatic carbocycles. The average Bonchev–Trinajstić information content (AvgIpc) is 2.89. The zero-order chi connectivity index (χ0) is 14.7. The Kier molecular flexibility index (Phi) is 5.01. The van der Waals surface area contributed by atoms with Crippen molar-refractivity contribution in [1.82, 2.24) is 14.7 Å². The Balaban J connectivity index is 2.05. The molecule has 0 unspecified atom stereocenters. The van der Waals surface area contributed by atoms with E-state index in [4.69, 9.17) is 9.52 Å². The van der Waals surface area contributed by atoms with E-state index in [9.17, 15) is 0 Å². The summed E-state index contributed by atoms with van der Waals surface area (Å²) in [4.78, 5) is 2.19. The van der Waals surface area contributed by atoms with Crippen LogP contribution in [0.5, 0.6) is 0 Å². The summed E-state index contributed by atoms with van der Waals surface area (Å²) in [6, 6.07) is 3.87. The van der Waals surface area contributed by atoms with Crippen LogP contribution in [0.1, 0.15) is 22.7 Å². The van der Waals surface area contributed by atoms with Gasteiger partial charge in [-0.25, -0.2) is 0 Å². The van der Waals surface area contributed by atoms with Gasteiger partial charge in [-0.1, -0.05) is 0 Å². The number of furan rings is 1. The molecule has 110 valence electrons. The number of aliphatic hydroxyl groups is 1. The second-order valence-corrected chi connectivity index (χ2v) is 5.76. The number of hydrogen-bond donors (Lipinski definition) is 1. The minimum absolute atomic E-state index is 0.109. The summed E-state index contributed by atoms with van der Waals surface area (Å²) in [5, 5.41) is 13.5. The lowest BCUT2D eigenvalue weighted by Crippen LogP contribution is -2.18. The van der Waals surface area contributed by atoms with E-state index in [-0.39, 0.29) is 6.61 Å². The Labute approximate surface area is 127 Å². The van der Waals surface area contributed by atoms with Crippen molar-refractivity contribution in [1.29, 1.82) is 0 Å². The van der Waals surface area contributed by atoms with Gasteiger partial charge in [-0.2, -0.15) is 5.10 Å². The Morgan fingerprint density at radius 3 is 2.70 bits per heavy atom. The number of nitrogens with zero attached hydrogens (tertiary/aromatic N) is 3. The zero-order valence-corrected chi connectivity index (χ0v) is 13.6. The third kappa shape index (κ3) is 3.50. The molecule has 0 bridgehead atoms. The van der Waals surface area contributed by atoms with Gasteiger partial charge in [0.15, 0.2) is 4.67 Å². The summed E-state index contributed by atoms with van der Waals surface area (Å²) >= 11 is 3.31.